The van der Waals surface area contributed by atoms with Crippen molar-refractivity contribution >= 4 is 35.1 Å². The number of hydrogen-bond acceptors (Lipinski definition) is 5. The van der Waals surface area contributed by atoms with Gasteiger partial charge in [0.15, 0.2) is 0 Å². The first-order chi connectivity index (χ1) is 17.5. The van der Waals surface area contributed by atoms with Crippen LogP contribution in [0.1, 0.15) is 44.2 Å². The smallest absolute Gasteiger partial charge is 0.434 e. The van der Waals surface area contributed by atoms with Crippen LogP contribution in [-0.4, -0.2) is 40.1 Å². The number of alkyl halides is 2. The number of rotatable bonds is 6. The van der Waals surface area contributed by atoms with Gasteiger partial charge in [0.1, 0.15) is 23.1 Å². The van der Waals surface area contributed by atoms with Gasteiger partial charge in [-0.05, 0) is 47.7 Å². The highest BCUT2D eigenvalue weighted by Crippen LogP contribution is 2.58. The first kappa shape index (κ1) is 29.6. The van der Waals surface area contributed by atoms with Crippen molar-refractivity contribution in [3.8, 4) is 6.07 Å². The Morgan fingerprint density at radius 3 is 2.24 bits per heavy atom. The van der Waals surface area contributed by atoms with Crippen LogP contribution in [0, 0.1) is 28.4 Å². The minimum Gasteiger partial charge on any atom is -0.480 e. The second-order valence-electron chi connectivity index (χ2n) is 10.2. The number of carbonyl (C=O) groups is 2. The molecule has 2 aromatic carbocycles. The van der Waals surface area contributed by atoms with Gasteiger partial charge in [0, 0.05) is 32.1 Å². The fourth-order valence-electron chi connectivity index (χ4n) is 5.23. The molecule has 0 spiro atoms. The average molecular weight is 579 g/mol. The molecular formula is C25H21Cl2F5N2O4. The highest BCUT2D eigenvalue weighted by atomic mass is 35.5. The molecule has 0 unspecified atom stereocenters. The number of hydrogen-bond donors (Lipinski definition) is 1. The van der Waals surface area contributed by atoms with Crippen molar-refractivity contribution in [2.75, 3.05) is 0 Å². The van der Waals surface area contributed by atoms with Gasteiger partial charge in [-0.25, -0.2) is 23.4 Å². The van der Waals surface area contributed by atoms with E-state index in [-0.39, 0.29) is 20.5 Å². The number of carboxylic acid groups (broad SMARTS) is 1. The molecule has 1 heterocycles. The molecule has 6 nitrogen and oxygen atoms in total. The van der Waals surface area contributed by atoms with Crippen molar-refractivity contribution in [1.29, 1.82) is 5.26 Å². The molecule has 4 atom stereocenters. The summed E-state index contributed by atoms with van der Waals surface area (Å²) in [4.78, 5) is 27.2. The molecule has 0 radical (unpaired) electrons. The first-order valence-electron chi connectivity index (χ1n) is 11.1. The molecule has 3 rings (SSSR count). The minimum absolute atomic E-state index is 0.118. The standard InChI is InChI=1S/C25H21Cl2F5N2O4/c1-23(2,3)10-18-24(11-33,16-5-4-13(26)9-17(16)29)19(12-6-14(27)8-15(28)7-12)20(21(35)36)34(18)25(30,31)22(37)38-32/h4-9,18-20H,10H2,1-3H3,(H,35,36)/t18-,19-,20+,24-/m0/s1. The summed E-state index contributed by atoms with van der Waals surface area (Å²) in [5.41, 5.74) is -4.34. The molecule has 2 aromatic rings. The Morgan fingerprint density at radius 2 is 1.76 bits per heavy atom. The Hall–Kier alpha value is -2.94. The minimum atomic E-state index is -4.95. The number of benzene rings is 2. The van der Waals surface area contributed by atoms with Crippen LogP contribution >= 0.6 is 23.2 Å². The zero-order valence-corrected chi connectivity index (χ0v) is 21.6. The fraction of sp³-hybridized carbons (Fsp3) is 0.400. The molecule has 1 aliphatic heterocycles. The van der Waals surface area contributed by atoms with E-state index < -0.39 is 70.4 Å². The maximum absolute atomic E-state index is 15.6. The molecule has 0 amide bonds. The molecular weight excluding hydrogens is 558 g/mol. The Bertz CT molecular complexity index is 1290. The molecule has 0 aliphatic carbocycles. The van der Waals surface area contributed by atoms with Crippen LogP contribution in [-0.2, 0) is 19.9 Å². The van der Waals surface area contributed by atoms with Gasteiger partial charge in [-0.2, -0.15) is 14.0 Å². The largest absolute Gasteiger partial charge is 0.480 e. The summed E-state index contributed by atoms with van der Waals surface area (Å²) in [7, 11) is 0. The molecule has 204 valence electrons. The summed E-state index contributed by atoms with van der Waals surface area (Å²) in [5.74, 6) is -8.82. The third-order valence-corrected chi connectivity index (χ3v) is 6.93. The van der Waals surface area contributed by atoms with E-state index in [1.165, 1.54) is 0 Å². The predicted molar refractivity (Wildman–Crippen MR) is 126 cm³/mol. The highest BCUT2D eigenvalue weighted by molar-refractivity contribution is 6.30. The number of nitrogens with zero attached hydrogens (tertiary/aromatic N) is 2. The van der Waals surface area contributed by atoms with Gasteiger partial charge >= 0.3 is 18.0 Å². The van der Waals surface area contributed by atoms with Crippen LogP contribution in [0.5, 0.6) is 0 Å². The van der Waals surface area contributed by atoms with Crippen molar-refractivity contribution in [3.05, 3.63) is 69.2 Å². The molecule has 0 aromatic heterocycles. The molecule has 0 saturated carbocycles. The topological polar surface area (TPSA) is 90.6 Å². The first-order valence-corrected chi connectivity index (χ1v) is 11.8. The van der Waals surface area contributed by atoms with Gasteiger partial charge in [0.05, 0.1) is 6.07 Å². The number of aliphatic carboxylic acids is 1. The molecule has 38 heavy (non-hydrogen) atoms. The van der Waals surface area contributed by atoms with Gasteiger partial charge in [-0.1, -0.05) is 50.0 Å². The van der Waals surface area contributed by atoms with E-state index in [4.69, 9.17) is 23.2 Å². The predicted octanol–water partition coefficient (Wildman–Crippen LogP) is 6.41. The Labute approximate surface area is 224 Å². The number of carboxylic acids is 1. The summed E-state index contributed by atoms with van der Waals surface area (Å²) in [5, 5.41) is 20.5. The lowest BCUT2D eigenvalue weighted by atomic mass is 9.62. The zero-order chi connectivity index (χ0) is 28.8. The van der Waals surface area contributed by atoms with Crippen LogP contribution in [0.25, 0.3) is 0 Å². The van der Waals surface area contributed by atoms with E-state index in [0.717, 1.165) is 36.4 Å². The van der Waals surface area contributed by atoms with E-state index in [0.29, 0.717) is 0 Å². The molecule has 13 heteroatoms. The van der Waals surface area contributed by atoms with Crippen molar-refractivity contribution in [3.63, 3.8) is 0 Å². The molecule has 1 saturated heterocycles. The normalized spacial score (nSPS) is 24.2. The van der Waals surface area contributed by atoms with Crippen LogP contribution < -0.4 is 0 Å². The quantitative estimate of drug-likeness (QED) is 0.314. The molecule has 1 aliphatic rings. The van der Waals surface area contributed by atoms with Gasteiger partial charge in [0.25, 0.3) is 0 Å². The van der Waals surface area contributed by atoms with E-state index in [2.05, 4.69) is 4.94 Å². The number of carbonyl (C=O) groups excluding carboxylic acids is 1. The monoisotopic (exact) mass is 578 g/mol. The highest BCUT2D eigenvalue weighted by Gasteiger charge is 2.71. The molecule has 1 N–H and O–H groups in total. The van der Waals surface area contributed by atoms with Crippen molar-refractivity contribution < 1.29 is 41.7 Å². The second-order valence-corrected chi connectivity index (χ2v) is 11.0. The SMILES string of the molecule is CC(C)(C)C[C@@H]1N(C(F)(F)C(=O)OF)[C@@H](C(=O)O)[C@H](c2cc(F)cc(Cl)c2)[C@@]1(C#N)c1ccc(Cl)cc1F. The third-order valence-electron chi connectivity index (χ3n) is 6.47. The fourth-order valence-corrected chi connectivity index (χ4v) is 5.62. The molecule has 0 bridgehead atoms. The lowest BCUT2D eigenvalue weighted by molar-refractivity contribution is -0.245. The summed E-state index contributed by atoms with van der Waals surface area (Å²) >= 11 is 11.9. The molecule has 1 fully saturated rings. The maximum Gasteiger partial charge on any atom is 0.434 e. The Morgan fingerprint density at radius 1 is 1.13 bits per heavy atom. The summed E-state index contributed by atoms with van der Waals surface area (Å²) < 4.78 is 74.0. The number of likely N-dealkylation sites (tertiary alicyclic amines) is 1. The van der Waals surface area contributed by atoms with Crippen LogP contribution in [0.2, 0.25) is 10.0 Å². The van der Waals surface area contributed by atoms with E-state index in [1.54, 1.807) is 20.8 Å². The average Bonchev–Trinajstić information content (AvgIpc) is 3.08. The van der Waals surface area contributed by atoms with Gasteiger partial charge in [-0.3, -0.25) is 4.79 Å². The lowest BCUT2D eigenvalue weighted by Gasteiger charge is -2.40. The van der Waals surface area contributed by atoms with Crippen LogP contribution in [0.3, 0.4) is 0 Å². The number of halogens is 7. The summed E-state index contributed by atoms with van der Waals surface area (Å²) in [6.07, 6.45) is -0.429. The lowest BCUT2D eigenvalue weighted by Crippen LogP contribution is -2.58. The zero-order valence-electron chi connectivity index (χ0n) is 20.1. The van der Waals surface area contributed by atoms with Crippen molar-refractivity contribution in [2.45, 2.75) is 56.7 Å². The van der Waals surface area contributed by atoms with Gasteiger partial charge in [-0.15, -0.1) is 0 Å². The van der Waals surface area contributed by atoms with Crippen molar-refractivity contribution in [1.82, 2.24) is 4.90 Å². The maximum atomic E-state index is 15.6. The summed E-state index contributed by atoms with van der Waals surface area (Å²) in [6.45, 7) is 4.71. The van der Waals surface area contributed by atoms with E-state index in [9.17, 15) is 28.9 Å². The van der Waals surface area contributed by atoms with E-state index in [1.807, 2.05) is 6.07 Å². The number of nitriles is 1. The van der Waals surface area contributed by atoms with Gasteiger partial charge in [0.2, 0.25) is 0 Å². The Balaban J connectivity index is 2.57. The summed E-state index contributed by atoms with van der Waals surface area (Å²) in [6, 6.07) is -1.90. The van der Waals surface area contributed by atoms with Gasteiger partial charge < -0.3 is 5.11 Å². The Kier molecular flexibility index (Phi) is 8.04. The third kappa shape index (κ3) is 5.05. The van der Waals surface area contributed by atoms with E-state index >= 15 is 13.2 Å². The van der Waals surface area contributed by atoms with Crippen LogP contribution in [0.15, 0.2) is 36.4 Å². The van der Waals surface area contributed by atoms with Crippen LogP contribution in [0.4, 0.5) is 22.1 Å². The van der Waals surface area contributed by atoms with Crippen molar-refractivity contribution in [2.24, 2.45) is 5.41 Å². The second kappa shape index (κ2) is 10.3.